The lowest BCUT2D eigenvalue weighted by molar-refractivity contribution is 0.198. The summed E-state index contributed by atoms with van der Waals surface area (Å²) in [5.41, 5.74) is 0.834. The Bertz CT molecular complexity index is 306. The molecule has 1 aromatic rings. The van der Waals surface area contributed by atoms with Crippen LogP contribution in [0.1, 0.15) is 12.6 Å². The van der Waals surface area contributed by atoms with Crippen LogP contribution in [0.3, 0.4) is 0 Å². The number of ether oxygens (including phenoxy) is 1. The van der Waals surface area contributed by atoms with Gasteiger partial charge in [0.2, 0.25) is 5.88 Å². The van der Waals surface area contributed by atoms with E-state index >= 15 is 0 Å². The average molecular weight is 183 g/mol. The molecule has 0 saturated heterocycles. The first-order valence-corrected chi connectivity index (χ1v) is 4.11. The molecule has 0 atom stereocenters. The van der Waals surface area contributed by atoms with Gasteiger partial charge in [0.15, 0.2) is 0 Å². The van der Waals surface area contributed by atoms with E-state index in [9.17, 15) is 4.79 Å². The molecule has 0 aromatic carbocycles. The SMILES string of the molecule is CCn1nc(C)cc1OC(=O)NC. The second-order valence-electron chi connectivity index (χ2n) is 2.58. The molecule has 0 aliphatic carbocycles. The second-order valence-corrected chi connectivity index (χ2v) is 2.58. The van der Waals surface area contributed by atoms with Crippen LogP contribution in [0, 0.1) is 6.92 Å². The van der Waals surface area contributed by atoms with E-state index in [4.69, 9.17) is 4.74 Å². The largest absolute Gasteiger partial charge is 0.413 e. The Labute approximate surface area is 76.7 Å². The van der Waals surface area contributed by atoms with E-state index in [1.54, 1.807) is 10.7 Å². The molecule has 5 nitrogen and oxygen atoms in total. The number of carbonyl (C=O) groups is 1. The lowest BCUT2D eigenvalue weighted by atomic mass is 10.5. The summed E-state index contributed by atoms with van der Waals surface area (Å²) in [5.74, 6) is 0.472. The van der Waals surface area contributed by atoms with Gasteiger partial charge in [0.05, 0.1) is 5.69 Å². The Hall–Kier alpha value is -1.52. The smallest absolute Gasteiger partial charge is 0.392 e. The van der Waals surface area contributed by atoms with E-state index in [2.05, 4.69) is 10.4 Å². The van der Waals surface area contributed by atoms with E-state index in [0.717, 1.165) is 5.69 Å². The Balaban J connectivity index is 2.80. The van der Waals surface area contributed by atoms with Crippen LogP contribution in [-0.4, -0.2) is 22.9 Å². The van der Waals surface area contributed by atoms with E-state index in [-0.39, 0.29) is 0 Å². The summed E-state index contributed by atoms with van der Waals surface area (Å²) in [7, 11) is 1.52. The van der Waals surface area contributed by atoms with Crippen molar-refractivity contribution < 1.29 is 9.53 Å². The first-order valence-electron chi connectivity index (χ1n) is 4.11. The van der Waals surface area contributed by atoms with Crippen molar-refractivity contribution >= 4 is 6.09 Å². The van der Waals surface area contributed by atoms with Crippen LogP contribution in [-0.2, 0) is 6.54 Å². The van der Waals surface area contributed by atoms with Gasteiger partial charge in [0.25, 0.3) is 0 Å². The second kappa shape index (κ2) is 3.93. The summed E-state index contributed by atoms with van der Waals surface area (Å²) in [6.07, 6.45) is -0.477. The highest BCUT2D eigenvalue weighted by Gasteiger charge is 2.08. The predicted molar refractivity (Wildman–Crippen MR) is 47.7 cm³/mol. The molecule has 0 bridgehead atoms. The third-order valence-electron chi connectivity index (χ3n) is 1.57. The van der Waals surface area contributed by atoms with Crippen molar-refractivity contribution in [2.24, 2.45) is 0 Å². The van der Waals surface area contributed by atoms with Crippen LogP contribution >= 0.6 is 0 Å². The number of carbonyl (C=O) groups excluding carboxylic acids is 1. The highest BCUT2D eigenvalue weighted by molar-refractivity contribution is 5.69. The molecular formula is C8H13N3O2. The van der Waals surface area contributed by atoms with Crippen LogP contribution in [0.15, 0.2) is 6.07 Å². The number of nitrogens with zero attached hydrogens (tertiary/aromatic N) is 2. The van der Waals surface area contributed by atoms with Crippen LogP contribution in [0.2, 0.25) is 0 Å². The molecule has 1 N–H and O–H groups in total. The number of rotatable bonds is 2. The topological polar surface area (TPSA) is 56.2 Å². The van der Waals surface area contributed by atoms with E-state index in [0.29, 0.717) is 12.4 Å². The van der Waals surface area contributed by atoms with E-state index in [1.807, 2.05) is 13.8 Å². The molecule has 1 aromatic heterocycles. The number of aryl methyl sites for hydroxylation is 2. The lowest BCUT2D eigenvalue weighted by Crippen LogP contribution is -2.23. The van der Waals surface area contributed by atoms with Crippen LogP contribution in [0.25, 0.3) is 0 Å². The summed E-state index contributed by atoms with van der Waals surface area (Å²) in [6, 6.07) is 1.72. The zero-order valence-electron chi connectivity index (χ0n) is 8.00. The molecule has 72 valence electrons. The van der Waals surface area contributed by atoms with Gasteiger partial charge in [-0.3, -0.25) is 0 Å². The quantitative estimate of drug-likeness (QED) is 0.742. The van der Waals surface area contributed by atoms with Crippen molar-refractivity contribution in [3.8, 4) is 5.88 Å². The maximum absolute atomic E-state index is 10.9. The lowest BCUT2D eigenvalue weighted by Gasteiger charge is -2.03. The molecule has 0 fully saturated rings. The maximum Gasteiger partial charge on any atom is 0.413 e. The van der Waals surface area contributed by atoms with Gasteiger partial charge in [-0.05, 0) is 13.8 Å². The average Bonchev–Trinajstić information content (AvgIpc) is 2.46. The molecule has 0 aliphatic rings. The van der Waals surface area contributed by atoms with Gasteiger partial charge < -0.3 is 10.1 Å². The number of amides is 1. The van der Waals surface area contributed by atoms with Gasteiger partial charge in [-0.2, -0.15) is 5.10 Å². The molecule has 1 rings (SSSR count). The van der Waals surface area contributed by atoms with Gasteiger partial charge in [0.1, 0.15) is 0 Å². The van der Waals surface area contributed by atoms with Gasteiger partial charge in [-0.15, -0.1) is 0 Å². The van der Waals surface area contributed by atoms with Crippen molar-refractivity contribution in [3.05, 3.63) is 11.8 Å². The van der Waals surface area contributed by atoms with Crippen molar-refractivity contribution in [2.45, 2.75) is 20.4 Å². The highest BCUT2D eigenvalue weighted by Crippen LogP contribution is 2.12. The van der Waals surface area contributed by atoms with Crippen molar-refractivity contribution in [3.63, 3.8) is 0 Å². The third-order valence-corrected chi connectivity index (χ3v) is 1.57. The highest BCUT2D eigenvalue weighted by atomic mass is 16.6. The Morgan fingerprint density at radius 3 is 3.00 bits per heavy atom. The van der Waals surface area contributed by atoms with Crippen molar-refractivity contribution in [2.75, 3.05) is 7.05 Å². The van der Waals surface area contributed by atoms with Gasteiger partial charge in [-0.1, -0.05) is 0 Å². The maximum atomic E-state index is 10.9. The molecule has 1 amide bonds. The summed E-state index contributed by atoms with van der Waals surface area (Å²) >= 11 is 0. The molecule has 0 radical (unpaired) electrons. The molecule has 0 saturated carbocycles. The van der Waals surface area contributed by atoms with Gasteiger partial charge in [0, 0.05) is 19.7 Å². The van der Waals surface area contributed by atoms with Crippen molar-refractivity contribution in [1.82, 2.24) is 15.1 Å². The summed E-state index contributed by atoms with van der Waals surface area (Å²) < 4.78 is 6.59. The minimum absolute atomic E-state index is 0.472. The summed E-state index contributed by atoms with van der Waals surface area (Å²) in [6.45, 7) is 4.46. The fraction of sp³-hybridized carbons (Fsp3) is 0.500. The Morgan fingerprint density at radius 1 is 1.77 bits per heavy atom. The van der Waals surface area contributed by atoms with Gasteiger partial charge >= 0.3 is 6.09 Å². The van der Waals surface area contributed by atoms with Crippen LogP contribution in [0.4, 0.5) is 4.79 Å². The zero-order valence-corrected chi connectivity index (χ0v) is 8.00. The molecule has 0 aliphatic heterocycles. The number of hydrogen-bond acceptors (Lipinski definition) is 3. The molecule has 5 heteroatoms. The van der Waals surface area contributed by atoms with Crippen LogP contribution in [0.5, 0.6) is 5.88 Å². The fourth-order valence-corrected chi connectivity index (χ4v) is 0.976. The molecular weight excluding hydrogens is 170 g/mol. The minimum atomic E-state index is -0.477. The van der Waals surface area contributed by atoms with E-state index < -0.39 is 6.09 Å². The number of hydrogen-bond donors (Lipinski definition) is 1. The Morgan fingerprint density at radius 2 is 2.46 bits per heavy atom. The molecule has 0 unspecified atom stereocenters. The number of nitrogens with one attached hydrogen (secondary N) is 1. The molecule has 1 heterocycles. The van der Waals surface area contributed by atoms with Crippen LogP contribution < -0.4 is 10.1 Å². The summed E-state index contributed by atoms with van der Waals surface area (Å²) in [5, 5.41) is 6.50. The number of aromatic nitrogens is 2. The fourth-order valence-electron chi connectivity index (χ4n) is 0.976. The Kier molecular flexibility index (Phi) is 2.89. The monoisotopic (exact) mass is 183 g/mol. The minimum Gasteiger partial charge on any atom is -0.392 e. The summed E-state index contributed by atoms with van der Waals surface area (Å²) in [4.78, 5) is 10.9. The third kappa shape index (κ3) is 2.21. The zero-order chi connectivity index (χ0) is 9.84. The predicted octanol–water partition coefficient (Wildman–Crippen LogP) is 0.930. The molecule has 13 heavy (non-hydrogen) atoms. The normalized spacial score (nSPS) is 9.77. The van der Waals surface area contributed by atoms with E-state index in [1.165, 1.54) is 7.05 Å². The van der Waals surface area contributed by atoms with Crippen molar-refractivity contribution in [1.29, 1.82) is 0 Å². The first-order chi connectivity index (χ1) is 6.17. The standard InChI is InChI=1S/C8H13N3O2/c1-4-11-7(5-6(2)10-11)13-8(12)9-3/h5H,4H2,1-3H3,(H,9,12). The first kappa shape index (κ1) is 9.57. The van der Waals surface area contributed by atoms with Gasteiger partial charge in [-0.25, -0.2) is 9.48 Å². The molecule has 0 spiro atoms.